The van der Waals surface area contributed by atoms with Gasteiger partial charge >= 0.3 is 0 Å². The van der Waals surface area contributed by atoms with Crippen molar-refractivity contribution in [2.75, 3.05) is 24.2 Å². The predicted molar refractivity (Wildman–Crippen MR) is 102 cm³/mol. The number of thiazole rings is 1. The van der Waals surface area contributed by atoms with Crippen LogP contribution in [0.4, 0.5) is 5.00 Å². The third-order valence-corrected chi connectivity index (χ3v) is 9.02. The largest absolute Gasteiger partial charge is 0.361 e. The normalized spacial score (nSPS) is 18.9. The number of aryl methyl sites for hydroxylation is 1. The quantitative estimate of drug-likeness (QED) is 0.765. The van der Waals surface area contributed by atoms with Gasteiger partial charge in [0.2, 0.25) is 24.0 Å². The van der Waals surface area contributed by atoms with Crippen molar-refractivity contribution in [3.8, 4) is 0 Å². The highest BCUT2D eigenvalue weighted by Gasteiger charge is 2.32. The monoisotopic (exact) mass is 414 g/mol. The fourth-order valence-electron chi connectivity index (χ4n) is 3.02. The molecule has 2 heterocycles. The molecule has 0 amide bonds. The number of piperidine rings is 1. The standard InChI is InChI=1S/C17H22N2O4S3/c1-12-6-8-14(9-7-12)26(22,23)15-16(19-10-4-5-13(2)11-19)24-17(18-15)25(3,20)21/h6-9,13H,4-5,10-11H2,1-3H3. The lowest BCUT2D eigenvalue weighted by molar-refractivity contribution is 0.446. The molecule has 2 aromatic rings. The minimum absolute atomic E-state index is 0.125. The summed E-state index contributed by atoms with van der Waals surface area (Å²) in [5, 5.41) is 0.276. The molecule has 0 bridgehead atoms. The second-order valence-corrected chi connectivity index (χ2v) is 11.9. The Morgan fingerprint density at radius 2 is 1.81 bits per heavy atom. The van der Waals surface area contributed by atoms with Gasteiger partial charge in [-0.05, 0) is 37.8 Å². The molecular weight excluding hydrogens is 392 g/mol. The third-order valence-electron chi connectivity index (χ3n) is 4.41. The Morgan fingerprint density at radius 1 is 1.15 bits per heavy atom. The van der Waals surface area contributed by atoms with Gasteiger partial charge in [0.25, 0.3) is 0 Å². The Labute approximate surface area is 158 Å². The summed E-state index contributed by atoms with van der Waals surface area (Å²) in [6.07, 6.45) is 3.07. The molecule has 0 N–H and O–H groups in total. The zero-order valence-corrected chi connectivity index (χ0v) is 17.4. The van der Waals surface area contributed by atoms with Crippen molar-refractivity contribution in [2.45, 2.75) is 41.0 Å². The molecule has 142 valence electrons. The smallest absolute Gasteiger partial charge is 0.226 e. The van der Waals surface area contributed by atoms with Crippen molar-refractivity contribution >= 4 is 36.0 Å². The van der Waals surface area contributed by atoms with Gasteiger partial charge in [-0.15, -0.1) is 0 Å². The van der Waals surface area contributed by atoms with Gasteiger partial charge in [-0.3, -0.25) is 0 Å². The van der Waals surface area contributed by atoms with E-state index in [2.05, 4.69) is 11.9 Å². The van der Waals surface area contributed by atoms with Crippen molar-refractivity contribution in [2.24, 2.45) is 5.92 Å². The van der Waals surface area contributed by atoms with Crippen LogP contribution in [0.15, 0.2) is 38.5 Å². The van der Waals surface area contributed by atoms with Crippen LogP contribution >= 0.6 is 11.3 Å². The molecular formula is C17H22N2O4S3. The molecule has 1 atom stereocenters. The zero-order chi connectivity index (χ0) is 19.1. The molecule has 26 heavy (non-hydrogen) atoms. The molecule has 1 aromatic carbocycles. The Morgan fingerprint density at radius 3 is 2.38 bits per heavy atom. The average Bonchev–Trinajstić information content (AvgIpc) is 3.01. The minimum atomic E-state index is -3.90. The van der Waals surface area contributed by atoms with Gasteiger partial charge in [0.1, 0.15) is 5.00 Å². The Balaban J connectivity index is 2.15. The number of anilines is 1. The van der Waals surface area contributed by atoms with Crippen molar-refractivity contribution < 1.29 is 16.8 Å². The van der Waals surface area contributed by atoms with E-state index in [0.29, 0.717) is 24.0 Å². The van der Waals surface area contributed by atoms with Crippen molar-refractivity contribution in [3.63, 3.8) is 0 Å². The maximum Gasteiger partial charge on any atom is 0.226 e. The number of sulfone groups is 2. The predicted octanol–water partition coefficient (Wildman–Crippen LogP) is 2.92. The lowest BCUT2D eigenvalue weighted by Gasteiger charge is -2.31. The van der Waals surface area contributed by atoms with E-state index < -0.39 is 19.7 Å². The molecule has 1 aliphatic heterocycles. The molecule has 9 heteroatoms. The fraction of sp³-hybridized carbons (Fsp3) is 0.471. The maximum atomic E-state index is 13.2. The summed E-state index contributed by atoms with van der Waals surface area (Å²) in [4.78, 5) is 6.14. The Hall–Kier alpha value is -1.45. The first-order valence-corrected chi connectivity index (χ1v) is 12.6. The first-order valence-electron chi connectivity index (χ1n) is 8.36. The maximum absolute atomic E-state index is 13.2. The molecule has 1 aliphatic rings. The van der Waals surface area contributed by atoms with E-state index >= 15 is 0 Å². The molecule has 1 unspecified atom stereocenters. The summed E-state index contributed by atoms with van der Waals surface area (Å²) in [6.45, 7) is 5.38. The molecule has 1 saturated heterocycles. The number of hydrogen-bond acceptors (Lipinski definition) is 7. The summed E-state index contributed by atoms with van der Waals surface area (Å²) in [6, 6.07) is 6.51. The summed E-state index contributed by atoms with van der Waals surface area (Å²) in [5.74, 6) is 0.419. The molecule has 3 rings (SSSR count). The molecule has 1 aromatic heterocycles. The van der Waals surface area contributed by atoms with E-state index in [4.69, 9.17) is 0 Å². The van der Waals surface area contributed by atoms with E-state index in [1.165, 1.54) is 12.1 Å². The van der Waals surface area contributed by atoms with E-state index in [1.807, 2.05) is 11.8 Å². The van der Waals surface area contributed by atoms with Crippen LogP contribution in [-0.2, 0) is 19.7 Å². The van der Waals surface area contributed by atoms with E-state index in [-0.39, 0.29) is 14.3 Å². The Kier molecular flexibility index (Phi) is 5.15. The number of aromatic nitrogens is 1. The van der Waals surface area contributed by atoms with Crippen LogP contribution in [0, 0.1) is 12.8 Å². The lowest BCUT2D eigenvalue weighted by atomic mass is 10.0. The summed E-state index contributed by atoms with van der Waals surface area (Å²) in [7, 11) is -7.49. The first-order chi connectivity index (χ1) is 12.1. The summed E-state index contributed by atoms with van der Waals surface area (Å²) < 4.78 is 50.1. The van der Waals surface area contributed by atoms with Gasteiger partial charge in [-0.1, -0.05) is 36.0 Å². The van der Waals surface area contributed by atoms with Crippen molar-refractivity contribution in [1.82, 2.24) is 4.98 Å². The fourth-order valence-corrected chi connectivity index (χ4v) is 6.70. The molecule has 6 nitrogen and oxygen atoms in total. The lowest BCUT2D eigenvalue weighted by Crippen LogP contribution is -2.34. The number of hydrogen-bond donors (Lipinski definition) is 0. The summed E-state index contributed by atoms with van der Waals surface area (Å²) >= 11 is 0.947. The van der Waals surface area contributed by atoms with Crippen LogP contribution in [0.25, 0.3) is 0 Å². The highest BCUT2D eigenvalue weighted by molar-refractivity contribution is 7.93. The van der Waals surface area contributed by atoms with Crippen LogP contribution in [0.2, 0.25) is 0 Å². The zero-order valence-electron chi connectivity index (χ0n) is 15.0. The Bertz CT molecular complexity index is 1010. The number of benzene rings is 1. The van der Waals surface area contributed by atoms with Crippen LogP contribution in [0.5, 0.6) is 0 Å². The van der Waals surface area contributed by atoms with E-state index in [0.717, 1.165) is 36.0 Å². The van der Waals surface area contributed by atoms with Crippen LogP contribution in [0.3, 0.4) is 0 Å². The molecule has 0 radical (unpaired) electrons. The number of rotatable bonds is 4. The third kappa shape index (κ3) is 3.79. The topological polar surface area (TPSA) is 84.4 Å². The second-order valence-electron chi connectivity index (χ2n) is 6.87. The number of nitrogens with zero attached hydrogens (tertiary/aromatic N) is 2. The van der Waals surface area contributed by atoms with E-state index in [1.54, 1.807) is 12.1 Å². The first kappa shape index (κ1) is 19.3. The van der Waals surface area contributed by atoms with Gasteiger partial charge in [0.05, 0.1) is 4.90 Å². The minimum Gasteiger partial charge on any atom is -0.361 e. The van der Waals surface area contributed by atoms with Gasteiger partial charge in [0, 0.05) is 19.3 Å². The van der Waals surface area contributed by atoms with Gasteiger partial charge < -0.3 is 4.90 Å². The molecule has 1 fully saturated rings. The molecule has 0 saturated carbocycles. The highest BCUT2D eigenvalue weighted by atomic mass is 32.2. The average molecular weight is 415 g/mol. The summed E-state index contributed by atoms with van der Waals surface area (Å²) in [5.41, 5.74) is 0.948. The SMILES string of the molecule is Cc1ccc(S(=O)(=O)c2nc(S(C)(=O)=O)sc2N2CCCC(C)C2)cc1. The molecule has 0 aliphatic carbocycles. The van der Waals surface area contributed by atoms with Crippen molar-refractivity contribution in [1.29, 1.82) is 0 Å². The molecule has 0 spiro atoms. The van der Waals surface area contributed by atoms with Gasteiger partial charge in [0.15, 0.2) is 5.03 Å². The van der Waals surface area contributed by atoms with Crippen LogP contribution in [0.1, 0.15) is 25.3 Å². The van der Waals surface area contributed by atoms with Gasteiger partial charge in [-0.2, -0.15) is 0 Å². The second kappa shape index (κ2) is 6.94. The highest BCUT2D eigenvalue weighted by Crippen LogP contribution is 2.38. The van der Waals surface area contributed by atoms with Crippen LogP contribution < -0.4 is 4.90 Å². The van der Waals surface area contributed by atoms with Crippen molar-refractivity contribution in [3.05, 3.63) is 29.8 Å². The van der Waals surface area contributed by atoms with Crippen LogP contribution in [-0.4, -0.2) is 41.2 Å². The van der Waals surface area contributed by atoms with E-state index in [9.17, 15) is 16.8 Å². The van der Waals surface area contributed by atoms with Gasteiger partial charge in [-0.25, -0.2) is 21.8 Å².